The van der Waals surface area contributed by atoms with E-state index in [0.29, 0.717) is 17.4 Å². The zero-order valence-electron chi connectivity index (χ0n) is 16.0. The summed E-state index contributed by atoms with van der Waals surface area (Å²) in [4.78, 5) is 4.66. The topological polar surface area (TPSA) is 84.5 Å². The van der Waals surface area contributed by atoms with E-state index in [1.165, 1.54) is 0 Å². The number of benzene rings is 3. The number of rotatable bonds is 7. The third-order valence-corrected chi connectivity index (χ3v) is 6.03. The van der Waals surface area contributed by atoms with E-state index >= 15 is 0 Å². The van der Waals surface area contributed by atoms with E-state index in [1.807, 2.05) is 43.3 Å². The van der Waals surface area contributed by atoms with E-state index in [4.69, 9.17) is 17.3 Å². The Bertz CT molecular complexity index is 1110. The minimum absolute atomic E-state index is 0.195. The molecule has 0 spiro atoms. The molecule has 0 aliphatic heterocycles. The Morgan fingerprint density at radius 1 is 1.00 bits per heavy atom. The van der Waals surface area contributed by atoms with E-state index in [2.05, 4.69) is 9.71 Å². The normalized spacial score (nSPS) is 12.1. The van der Waals surface area contributed by atoms with Crippen LogP contribution in [0.5, 0.6) is 0 Å². The maximum atomic E-state index is 12.4. The number of nitrogens with one attached hydrogen (secondary N) is 1. The Kier molecular flexibility index (Phi) is 6.69. The van der Waals surface area contributed by atoms with Gasteiger partial charge >= 0.3 is 0 Å². The standard InChI is InChI=1S/C22H22ClN3O2S/c1-16-5-11-21(12-6-16)29(27,28)26-15-18-4-2-3-17(13-18)14-25-22(24)19-7-9-20(23)10-8-19/h2-13,26H,14-15H2,1H3,(H2,24,25). The number of hydrogen-bond donors (Lipinski definition) is 2. The molecule has 0 aliphatic carbocycles. The van der Waals surface area contributed by atoms with Crippen molar-refractivity contribution in [3.8, 4) is 0 Å². The molecule has 0 aliphatic rings. The third kappa shape index (κ3) is 5.90. The molecule has 3 aromatic rings. The number of amidine groups is 1. The molecule has 0 bridgehead atoms. The van der Waals surface area contributed by atoms with Gasteiger partial charge in [-0.15, -0.1) is 0 Å². The van der Waals surface area contributed by atoms with Gasteiger partial charge in [0.15, 0.2) is 0 Å². The van der Waals surface area contributed by atoms with Crippen molar-refractivity contribution in [1.82, 2.24) is 4.72 Å². The maximum absolute atomic E-state index is 12.4. The number of sulfonamides is 1. The number of nitrogens with two attached hydrogens (primary N) is 1. The Morgan fingerprint density at radius 2 is 1.66 bits per heavy atom. The van der Waals surface area contributed by atoms with Crippen LogP contribution in [0.15, 0.2) is 82.7 Å². The van der Waals surface area contributed by atoms with Crippen LogP contribution < -0.4 is 10.5 Å². The quantitative estimate of drug-likeness (QED) is 0.441. The summed E-state index contributed by atoms with van der Waals surface area (Å²) in [5.41, 5.74) is 9.63. The average molecular weight is 428 g/mol. The van der Waals surface area contributed by atoms with Crippen molar-refractivity contribution in [1.29, 1.82) is 0 Å². The summed E-state index contributed by atoms with van der Waals surface area (Å²) in [5, 5.41) is 0.641. The van der Waals surface area contributed by atoms with Crippen LogP contribution in [0.1, 0.15) is 22.3 Å². The van der Waals surface area contributed by atoms with Crippen LogP contribution >= 0.6 is 11.6 Å². The van der Waals surface area contributed by atoms with Gasteiger partial charge in [0.2, 0.25) is 10.0 Å². The van der Waals surface area contributed by atoms with Crippen LogP contribution in [0.3, 0.4) is 0 Å². The molecule has 0 radical (unpaired) electrons. The summed E-state index contributed by atoms with van der Waals surface area (Å²) < 4.78 is 27.5. The molecule has 0 fully saturated rings. The van der Waals surface area contributed by atoms with Crippen LogP contribution in [0.25, 0.3) is 0 Å². The zero-order valence-corrected chi connectivity index (χ0v) is 17.5. The largest absolute Gasteiger partial charge is 0.383 e. The second-order valence-electron chi connectivity index (χ2n) is 6.67. The highest BCUT2D eigenvalue weighted by molar-refractivity contribution is 7.89. The number of aliphatic imine (C=N–C) groups is 1. The molecule has 0 unspecified atom stereocenters. The van der Waals surface area contributed by atoms with Gasteiger partial charge in [0.05, 0.1) is 11.4 Å². The lowest BCUT2D eigenvalue weighted by atomic mass is 10.1. The summed E-state index contributed by atoms with van der Waals surface area (Å²) in [5.74, 6) is 0.423. The Labute approximate surface area is 176 Å². The lowest BCUT2D eigenvalue weighted by molar-refractivity contribution is 0.581. The van der Waals surface area contributed by atoms with E-state index in [1.54, 1.807) is 36.4 Å². The lowest BCUT2D eigenvalue weighted by Crippen LogP contribution is -2.23. The summed E-state index contributed by atoms with van der Waals surface area (Å²) in [6, 6.07) is 21.5. The molecule has 0 heterocycles. The van der Waals surface area contributed by atoms with Gasteiger partial charge in [-0.05, 0) is 54.4 Å². The molecular weight excluding hydrogens is 406 g/mol. The van der Waals surface area contributed by atoms with Crippen molar-refractivity contribution in [3.05, 3.63) is 100 Å². The molecule has 7 heteroatoms. The van der Waals surface area contributed by atoms with Crippen LogP contribution in [0.2, 0.25) is 5.02 Å². The summed E-state index contributed by atoms with van der Waals surface area (Å²) >= 11 is 5.89. The first-order valence-corrected chi connectivity index (χ1v) is 10.9. The first-order valence-electron chi connectivity index (χ1n) is 9.03. The SMILES string of the molecule is Cc1ccc(S(=O)(=O)NCc2cccc(CN=C(N)c3ccc(Cl)cc3)c2)cc1. The maximum Gasteiger partial charge on any atom is 0.240 e. The molecule has 150 valence electrons. The Balaban J connectivity index is 1.65. The fraction of sp³-hybridized carbons (Fsp3) is 0.136. The predicted molar refractivity (Wildman–Crippen MR) is 118 cm³/mol. The molecule has 0 aromatic heterocycles. The molecular formula is C22H22ClN3O2S. The zero-order chi connectivity index (χ0) is 20.9. The minimum atomic E-state index is -3.56. The van der Waals surface area contributed by atoms with Gasteiger partial charge in [-0.25, -0.2) is 13.1 Å². The summed E-state index contributed by atoms with van der Waals surface area (Å²) in [7, 11) is -3.56. The van der Waals surface area contributed by atoms with Crippen LogP contribution in [0.4, 0.5) is 0 Å². The second-order valence-corrected chi connectivity index (χ2v) is 8.87. The van der Waals surface area contributed by atoms with Crippen LogP contribution in [-0.2, 0) is 23.1 Å². The Morgan fingerprint density at radius 3 is 2.34 bits per heavy atom. The van der Waals surface area contributed by atoms with Crippen molar-refractivity contribution in [3.63, 3.8) is 0 Å². The molecule has 3 aromatic carbocycles. The van der Waals surface area contributed by atoms with Crippen molar-refractivity contribution in [2.24, 2.45) is 10.7 Å². The first kappa shape index (κ1) is 21.0. The fourth-order valence-corrected chi connectivity index (χ4v) is 3.85. The van der Waals surface area contributed by atoms with Crippen LogP contribution in [0, 0.1) is 6.92 Å². The van der Waals surface area contributed by atoms with Gasteiger partial charge < -0.3 is 5.73 Å². The lowest BCUT2D eigenvalue weighted by Gasteiger charge is -2.08. The number of halogens is 1. The molecule has 0 saturated carbocycles. The third-order valence-electron chi connectivity index (χ3n) is 4.36. The monoisotopic (exact) mass is 427 g/mol. The molecule has 0 saturated heterocycles. The molecule has 3 rings (SSSR count). The van der Waals surface area contributed by atoms with Crippen LogP contribution in [-0.4, -0.2) is 14.3 Å². The fourth-order valence-electron chi connectivity index (χ4n) is 2.71. The van der Waals surface area contributed by atoms with Gasteiger partial charge in [0.1, 0.15) is 5.84 Å². The Hall–Kier alpha value is -2.67. The van der Waals surface area contributed by atoms with Gasteiger partial charge in [-0.1, -0.05) is 53.6 Å². The van der Waals surface area contributed by atoms with Gasteiger partial charge in [0.25, 0.3) is 0 Å². The highest BCUT2D eigenvalue weighted by atomic mass is 35.5. The number of aryl methyl sites for hydroxylation is 1. The highest BCUT2D eigenvalue weighted by Gasteiger charge is 2.13. The number of nitrogens with zero attached hydrogens (tertiary/aromatic N) is 1. The number of hydrogen-bond acceptors (Lipinski definition) is 3. The minimum Gasteiger partial charge on any atom is -0.383 e. The second kappa shape index (κ2) is 9.22. The molecule has 0 atom stereocenters. The first-order chi connectivity index (χ1) is 13.8. The molecule has 29 heavy (non-hydrogen) atoms. The van der Waals surface area contributed by atoms with Crippen molar-refractivity contribution in [2.75, 3.05) is 0 Å². The van der Waals surface area contributed by atoms with E-state index in [0.717, 1.165) is 22.3 Å². The summed E-state index contributed by atoms with van der Waals surface area (Å²) in [6.45, 7) is 2.50. The average Bonchev–Trinajstić information content (AvgIpc) is 2.72. The van der Waals surface area contributed by atoms with Gasteiger partial charge in [0, 0.05) is 17.1 Å². The van der Waals surface area contributed by atoms with E-state index in [9.17, 15) is 8.42 Å². The smallest absolute Gasteiger partial charge is 0.240 e. The van der Waals surface area contributed by atoms with Crippen molar-refractivity contribution in [2.45, 2.75) is 24.9 Å². The highest BCUT2D eigenvalue weighted by Crippen LogP contribution is 2.13. The molecule has 5 nitrogen and oxygen atoms in total. The molecule has 3 N–H and O–H groups in total. The van der Waals surface area contributed by atoms with Crippen molar-refractivity contribution >= 4 is 27.5 Å². The predicted octanol–water partition coefficient (Wildman–Crippen LogP) is 4.03. The van der Waals surface area contributed by atoms with Crippen molar-refractivity contribution < 1.29 is 8.42 Å². The van der Waals surface area contributed by atoms with E-state index < -0.39 is 10.0 Å². The van der Waals surface area contributed by atoms with E-state index in [-0.39, 0.29) is 11.4 Å². The molecule has 0 amide bonds. The van der Waals surface area contributed by atoms with Gasteiger partial charge in [-0.2, -0.15) is 0 Å². The van der Waals surface area contributed by atoms with Gasteiger partial charge in [-0.3, -0.25) is 4.99 Å². The summed E-state index contributed by atoms with van der Waals surface area (Å²) in [6.07, 6.45) is 0.